The summed E-state index contributed by atoms with van der Waals surface area (Å²) in [7, 11) is 1.58. The zero-order valence-electron chi connectivity index (χ0n) is 8.67. The van der Waals surface area contributed by atoms with Crippen molar-refractivity contribution in [1.29, 1.82) is 0 Å². The Morgan fingerprint density at radius 1 is 1.50 bits per heavy atom. The van der Waals surface area contributed by atoms with Gasteiger partial charge in [-0.25, -0.2) is 4.98 Å². The van der Waals surface area contributed by atoms with Crippen molar-refractivity contribution in [3.63, 3.8) is 0 Å². The summed E-state index contributed by atoms with van der Waals surface area (Å²) < 4.78 is 5.12. The molecule has 1 aromatic rings. The van der Waals surface area contributed by atoms with Crippen LogP contribution in [-0.4, -0.2) is 17.6 Å². The van der Waals surface area contributed by atoms with Crippen LogP contribution in [0, 0.1) is 0 Å². The summed E-state index contributed by atoms with van der Waals surface area (Å²) in [6, 6.07) is 3.63. The van der Waals surface area contributed by atoms with Crippen LogP contribution >= 0.6 is 11.6 Å². The van der Waals surface area contributed by atoms with Gasteiger partial charge in [0.05, 0.1) is 7.11 Å². The molecule has 78 valence electrons. The maximum Gasteiger partial charge on any atom is 0.217 e. The van der Waals surface area contributed by atoms with Crippen LogP contribution in [0.15, 0.2) is 12.1 Å². The van der Waals surface area contributed by atoms with Crippen molar-refractivity contribution in [3.8, 4) is 5.88 Å². The lowest BCUT2D eigenvalue weighted by Crippen LogP contribution is -2.34. The molecule has 1 rings (SSSR count). The van der Waals surface area contributed by atoms with E-state index in [-0.39, 0.29) is 5.54 Å². The zero-order valence-corrected chi connectivity index (χ0v) is 9.43. The van der Waals surface area contributed by atoms with Crippen molar-refractivity contribution in [2.45, 2.75) is 25.8 Å². The molecule has 1 aromatic heterocycles. The lowest BCUT2D eigenvalue weighted by Gasteiger charge is -2.19. The van der Waals surface area contributed by atoms with Gasteiger partial charge in [-0.05, 0) is 26.3 Å². The third kappa shape index (κ3) is 3.16. The van der Waals surface area contributed by atoms with Gasteiger partial charge in [-0.1, -0.05) is 17.7 Å². The highest BCUT2D eigenvalue weighted by molar-refractivity contribution is 6.29. The van der Waals surface area contributed by atoms with Crippen molar-refractivity contribution < 1.29 is 4.74 Å². The molecule has 0 atom stereocenters. The first kappa shape index (κ1) is 11.3. The van der Waals surface area contributed by atoms with Crippen LogP contribution in [0.1, 0.15) is 19.4 Å². The first-order valence-corrected chi connectivity index (χ1v) is 4.78. The van der Waals surface area contributed by atoms with Crippen LogP contribution < -0.4 is 10.5 Å². The van der Waals surface area contributed by atoms with Crippen molar-refractivity contribution in [3.05, 3.63) is 22.8 Å². The summed E-state index contributed by atoms with van der Waals surface area (Å²) in [5.74, 6) is 0.552. The van der Waals surface area contributed by atoms with E-state index in [9.17, 15) is 0 Å². The molecule has 0 unspecified atom stereocenters. The molecular formula is C10H15ClN2O. The Hall–Kier alpha value is -0.800. The molecule has 0 amide bonds. The van der Waals surface area contributed by atoms with Crippen LogP contribution in [0.5, 0.6) is 5.88 Å². The highest BCUT2D eigenvalue weighted by Crippen LogP contribution is 2.21. The second-order valence-corrected chi connectivity index (χ2v) is 4.35. The van der Waals surface area contributed by atoms with E-state index in [0.717, 1.165) is 5.56 Å². The predicted octanol–water partition coefficient (Wildman–Crippen LogP) is 2.02. The molecular weight excluding hydrogens is 200 g/mol. The largest absolute Gasteiger partial charge is 0.481 e. The van der Waals surface area contributed by atoms with Gasteiger partial charge in [0.25, 0.3) is 0 Å². The Kier molecular flexibility index (Phi) is 3.34. The van der Waals surface area contributed by atoms with Gasteiger partial charge < -0.3 is 10.5 Å². The molecule has 14 heavy (non-hydrogen) atoms. The fourth-order valence-corrected chi connectivity index (χ4v) is 1.39. The van der Waals surface area contributed by atoms with Gasteiger partial charge >= 0.3 is 0 Å². The Balaban J connectivity index is 2.97. The number of nitrogens with zero attached hydrogens (tertiary/aromatic N) is 1. The minimum Gasteiger partial charge on any atom is -0.481 e. The van der Waals surface area contributed by atoms with Crippen molar-refractivity contribution in [2.75, 3.05) is 7.11 Å². The van der Waals surface area contributed by atoms with Gasteiger partial charge in [-0.2, -0.15) is 0 Å². The van der Waals surface area contributed by atoms with Gasteiger partial charge in [0.15, 0.2) is 0 Å². The minimum absolute atomic E-state index is 0.275. The van der Waals surface area contributed by atoms with Crippen LogP contribution in [-0.2, 0) is 6.42 Å². The molecule has 0 aliphatic carbocycles. The Morgan fingerprint density at radius 2 is 2.14 bits per heavy atom. The van der Waals surface area contributed by atoms with E-state index >= 15 is 0 Å². The molecule has 4 heteroatoms. The van der Waals surface area contributed by atoms with Gasteiger partial charge in [0.1, 0.15) is 5.15 Å². The van der Waals surface area contributed by atoms with E-state index in [1.165, 1.54) is 0 Å². The summed E-state index contributed by atoms with van der Waals surface area (Å²) in [5, 5.41) is 0.431. The Labute approximate surface area is 89.2 Å². The SMILES string of the molecule is COc1nc(Cl)ccc1CC(C)(C)N. The lowest BCUT2D eigenvalue weighted by molar-refractivity contribution is 0.386. The first-order valence-electron chi connectivity index (χ1n) is 4.41. The Bertz CT molecular complexity index is 320. The number of nitrogens with two attached hydrogens (primary N) is 1. The molecule has 0 radical (unpaired) electrons. The number of hydrogen-bond donors (Lipinski definition) is 1. The molecule has 3 nitrogen and oxygen atoms in total. The highest BCUT2D eigenvalue weighted by Gasteiger charge is 2.15. The molecule has 2 N–H and O–H groups in total. The maximum atomic E-state index is 5.91. The summed E-state index contributed by atoms with van der Waals surface area (Å²) in [4.78, 5) is 4.06. The fraction of sp³-hybridized carbons (Fsp3) is 0.500. The lowest BCUT2D eigenvalue weighted by atomic mass is 9.97. The van der Waals surface area contributed by atoms with E-state index in [4.69, 9.17) is 22.1 Å². The van der Waals surface area contributed by atoms with Crippen molar-refractivity contribution in [2.24, 2.45) is 5.73 Å². The Morgan fingerprint density at radius 3 is 2.64 bits per heavy atom. The summed E-state index contributed by atoms with van der Waals surface area (Å²) in [6.45, 7) is 3.92. The van der Waals surface area contributed by atoms with Gasteiger partial charge in [0.2, 0.25) is 5.88 Å². The van der Waals surface area contributed by atoms with E-state index < -0.39 is 0 Å². The van der Waals surface area contributed by atoms with Crippen LogP contribution in [0.4, 0.5) is 0 Å². The first-order chi connectivity index (χ1) is 6.42. The molecule has 0 aliphatic heterocycles. The monoisotopic (exact) mass is 214 g/mol. The third-order valence-electron chi connectivity index (χ3n) is 1.74. The number of hydrogen-bond acceptors (Lipinski definition) is 3. The van der Waals surface area contributed by atoms with Gasteiger partial charge in [0, 0.05) is 11.1 Å². The zero-order chi connectivity index (χ0) is 10.8. The molecule has 0 aliphatic rings. The minimum atomic E-state index is -0.275. The topological polar surface area (TPSA) is 48.1 Å². The van der Waals surface area contributed by atoms with Crippen LogP contribution in [0.3, 0.4) is 0 Å². The number of ether oxygens (including phenoxy) is 1. The molecule has 0 fully saturated rings. The number of halogens is 1. The molecule has 1 heterocycles. The van der Waals surface area contributed by atoms with Crippen LogP contribution in [0.25, 0.3) is 0 Å². The molecule has 0 bridgehead atoms. The predicted molar refractivity (Wildman–Crippen MR) is 57.8 cm³/mol. The van der Waals surface area contributed by atoms with Crippen LogP contribution in [0.2, 0.25) is 5.15 Å². The second-order valence-electron chi connectivity index (χ2n) is 3.97. The third-order valence-corrected chi connectivity index (χ3v) is 1.96. The molecule has 0 saturated carbocycles. The fourth-order valence-electron chi connectivity index (χ4n) is 1.25. The number of aromatic nitrogens is 1. The average Bonchev–Trinajstić information content (AvgIpc) is 2.06. The second kappa shape index (κ2) is 4.15. The summed E-state index contributed by atoms with van der Waals surface area (Å²) in [6.07, 6.45) is 0.709. The van der Waals surface area contributed by atoms with E-state index in [0.29, 0.717) is 17.5 Å². The van der Waals surface area contributed by atoms with Crippen molar-refractivity contribution in [1.82, 2.24) is 4.98 Å². The molecule has 0 saturated heterocycles. The standard InChI is InChI=1S/C10H15ClN2O/c1-10(2,12)6-7-4-5-8(11)13-9(7)14-3/h4-5H,6,12H2,1-3H3. The average molecular weight is 215 g/mol. The molecule has 0 spiro atoms. The maximum absolute atomic E-state index is 5.91. The normalized spacial score (nSPS) is 11.5. The smallest absolute Gasteiger partial charge is 0.217 e. The summed E-state index contributed by atoms with van der Waals surface area (Å²) >= 11 is 5.74. The van der Waals surface area contributed by atoms with E-state index in [1.807, 2.05) is 19.9 Å². The number of pyridine rings is 1. The summed E-state index contributed by atoms with van der Waals surface area (Å²) in [5.41, 5.74) is 6.61. The molecule has 0 aromatic carbocycles. The quantitative estimate of drug-likeness (QED) is 0.784. The van der Waals surface area contributed by atoms with E-state index in [1.54, 1.807) is 13.2 Å². The van der Waals surface area contributed by atoms with Crippen molar-refractivity contribution >= 4 is 11.6 Å². The number of rotatable bonds is 3. The number of methoxy groups -OCH3 is 1. The van der Waals surface area contributed by atoms with E-state index in [2.05, 4.69) is 4.98 Å². The highest BCUT2D eigenvalue weighted by atomic mass is 35.5. The van der Waals surface area contributed by atoms with Gasteiger partial charge in [-0.15, -0.1) is 0 Å². The van der Waals surface area contributed by atoms with Gasteiger partial charge in [-0.3, -0.25) is 0 Å².